The molecule has 0 bridgehead atoms. The van der Waals surface area contributed by atoms with Gasteiger partial charge in [-0.1, -0.05) is 18.2 Å². The van der Waals surface area contributed by atoms with Gasteiger partial charge in [0.1, 0.15) is 0 Å². The molecule has 2 aliphatic rings. The molecule has 14 heavy (non-hydrogen) atoms. The Balaban J connectivity index is 2.27. The van der Waals surface area contributed by atoms with Crippen LogP contribution in [-0.2, 0) is 9.59 Å². The molecule has 0 radical (unpaired) electrons. The SMILES string of the molecule is O=C1C=CC2C=C(C(=O)O)C=CC2N1. The fraction of sp³-hybridized carbons (Fsp3) is 0.200. The molecule has 0 fully saturated rings. The van der Waals surface area contributed by atoms with Crippen LogP contribution in [0.25, 0.3) is 0 Å². The monoisotopic (exact) mass is 191 g/mol. The molecule has 2 rings (SSSR count). The van der Waals surface area contributed by atoms with Gasteiger partial charge in [0.25, 0.3) is 0 Å². The van der Waals surface area contributed by atoms with Crippen molar-refractivity contribution in [3.63, 3.8) is 0 Å². The summed E-state index contributed by atoms with van der Waals surface area (Å²) in [4.78, 5) is 21.6. The van der Waals surface area contributed by atoms with Crippen molar-refractivity contribution in [3.8, 4) is 0 Å². The molecule has 1 aliphatic carbocycles. The predicted octanol–water partition coefficient (Wildman–Crippen LogP) is 0.238. The van der Waals surface area contributed by atoms with Gasteiger partial charge >= 0.3 is 5.97 Å². The molecule has 0 saturated heterocycles. The van der Waals surface area contributed by atoms with Crippen molar-refractivity contribution in [2.24, 2.45) is 5.92 Å². The number of carbonyl (C=O) groups excluding carboxylic acids is 1. The first-order chi connectivity index (χ1) is 6.66. The van der Waals surface area contributed by atoms with Crippen molar-refractivity contribution in [2.75, 3.05) is 0 Å². The van der Waals surface area contributed by atoms with E-state index in [1.165, 1.54) is 12.2 Å². The average molecular weight is 191 g/mol. The van der Waals surface area contributed by atoms with E-state index in [2.05, 4.69) is 5.32 Å². The number of hydrogen-bond acceptors (Lipinski definition) is 2. The number of aliphatic carboxylic acids is 1. The van der Waals surface area contributed by atoms with E-state index in [-0.39, 0.29) is 23.4 Å². The lowest BCUT2D eigenvalue weighted by atomic mass is 9.89. The van der Waals surface area contributed by atoms with Crippen LogP contribution in [0, 0.1) is 5.92 Å². The molecule has 1 amide bonds. The van der Waals surface area contributed by atoms with Crippen LogP contribution in [0.3, 0.4) is 0 Å². The van der Waals surface area contributed by atoms with Crippen molar-refractivity contribution in [2.45, 2.75) is 6.04 Å². The summed E-state index contributed by atoms with van der Waals surface area (Å²) in [5, 5.41) is 11.5. The van der Waals surface area contributed by atoms with Crippen molar-refractivity contribution in [1.29, 1.82) is 0 Å². The van der Waals surface area contributed by atoms with Crippen LogP contribution in [0.15, 0.2) is 36.0 Å². The highest BCUT2D eigenvalue weighted by Crippen LogP contribution is 2.21. The maximum absolute atomic E-state index is 11.0. The minimum absolute atomic E-state index is 0.0381. The van der Waals surface area contributed by atoms with Gasteiger partial charge < -0.3 is 10.4 Å². The zero-order chi connectivity index (χ0) is 10.1. The van der Waals surface area contributed by atoms with Gasteiger partial charge in [0, 0.05) is 5.92 Å². The zero-order valence-electron chi connectivity index (χ0n) is 7.31. The number of amides is 1. The molecule has 0 aromatic heterocycles. The van der Waals surface area contributed by atoms with Crippen LogP contribution >= 0.6 is 0 Å². The third kappa shape index (κ3) is 1.46. The van der Waals surface area contributed by atoms with E-state index in [0.29, 0.717) is 0 Å². The highest BCUT2D eigenvalue weighted by molar-refractivity contribution is 5.92. The van der Waals surface area contributed by atoms with Gasteiger partial charge in [-0.15, -0.1) is 0 Å². The molecule has 2 atom stereocenters. The Morgan fingerprint density at radius 1 is 1.36 bits per heavy atom. The largest absolute Gasteiger partial charge is 0.478 e. The highest BCUT2D eigenvalue weighted by atomic mass is 16.4. The Hall–Kier alpha value is -1.84. The van der Waals surface area contributed by atoms with Gasteiger partial charge in [0.15, 0.2) is 0 Å². The summed E-state index contributed by atoms with van der Waals surface area (Å²) in [7, 11) is 0. The fourth-order valence-corrected chi connectivity index (χ4v) is 1.58. The van der Waals surface area contributed by atoms with Crippen LogP contribution in [0.1, 0.15) is 0 Å². The summed E-state index contributed by atoms with van der Waals surface area (Å²) in [6.45, 7) is 0. The van der Waals surface area contributed by atoms with Crippen LogP contribution < -0.4 is 5.32 Å². The number of hydrogen-bond donors (Lipinski definition) is 2. The summed E-state index contributed by atoms with van der Waals surface area (Å²) in [6.07, 6.45) is 8.01. The second-order valence-corrected chi connectivity index (χ2v) is 3.26. The van der Waals surface area contributed by atoms with Crippen molar-refractivity contribution < 1.29 is 14.7 Å². The fourth-order valence-electron chi connectivity index (χ4n) is 1.58. The lowest BCUT2D eigenvalue weighted by Crippen LogP contribution is -2.41. The summed E-state index contributed by atoms with van der Waals surface area (Å²) in [5.74, 6) is -1.11. The summed E-state index contributed by atoms with van der Waals surface area (Å²) in [6, 6.07) is -0.101. The average Bonchev–Trinajstić information content (AvgIpc) is 2.16. The first kappa shape index (κ1) is 8.74. The molecule has 4 heteroatoms. The smallest absolute Gasteiger partial charge is 0.335 e. The number of carbonyl (C=O) groups is 2. The highest BCUT2D eigenvalue weighted by Gasteiger charge is 2.24. The molecular formula is C10H9NO3. The molecule has 0 saturated carbocycles. The summed E-state index contributed by atoms with van der Waals surface area (Å²) < 4.78 is 0. The Bertz CT molecular complexity index is 379. The summed E-state index contributed by atoms with van der Waals surface area (Å²) >= 11 is 0. The third-order valence-electron chi connectivity index (χ3n) is 2.30. The van der Waals surface area contributed by atoms with Crippen molar-refractivity contribution in [3.05, 3.63) is 36.0 Å². The van der Waals surface area contributed by atoms with Gasteiger partial charge in [-0.05, 0) is 12.2 Å². The Labute approximate surface area is 80.6 Å². The Morgan fingerprint density at radius 2 is 2.14 bits per heavy atom. The Morgan fingerprint density at radius 3 is 2.86 bits per heavy atom. The Kier molecular flexibility index (Phi) is 1.96. The van der Waals surface area contributed by atoms with Crippen LogP contribution in [-0.4, -0.2) is 23.0 Å². The second-order valence-electron chi connectivity index (χ2n) is 3.26. The standard InChI is InChI=1S/C10H9NO3/c12-9-4-2-6-5-7(10(13)14)1-3-8(6)11-9/h1-6,8H,(H,11,12)(H,13,14). The molecule has 1 aliphatic heterocycles. The first-order valence-electron chi connectivity index (χ1n) is 4.29. The maximum Gasteiger partial charge on any atom is 0.335 e. The van der Waals surface area contributed by atoms with Crippen LogP contribution in [0.5, 0.6) is 0 Å². The van der Waals surface area contributed by atoms with Gasteiger partial charge in [0.05, 0.1) is 11.6 Å². The quantitative estimate of drug-likeness (QED) is 0.623. The lowest BCUT2D eigenvalue weighted by Gasteiger charge is -2.26. The zero-order valence-corrected chi connectivity index (χ0v) is 7.31. The normalized spacial score (nSPS) is 29.1. The number of rotatable bonds is 1. The van der Waals surface area contributed by atoms with Gasteiger partial charge in [-0.25, -0.2) is 4.79 Å². The minimum atomic E-state index is -0.940. The number of fused-ring (bicyclic) bond motifs is 1. The number of carboxylic acid groups (broad SMARTS) is 1. The van der Waals surface area contributed by atoms with Gasteiger partial charge in [0.2, 0.25) is 5.91 Å². The number of carboxylic acids is 1. The van der Waals surface area contributed by atoms with Crippen LogP contribution in [0.4, 0.5) is 0 Å². The van der Waals surface area contributed by atoms with E-state index in [0.717, 1.165) is 0 Å². The topological polar surface area (TPSA) is 66.4 Å². The van der Waals surface area contributed by atoms with E-state index in [9.17, 15) is 9.59 Å². The predicted molar refractivity (Wildman–Crippen MR) is 49.4 cm³/mol. The minimum Gasteiger partial charge on any atom is -0.478 e. The molecule has 1 heterocycles. The van der Waals surface area contributed by atoms with E-state index in [1.807, 2.05) is 0 Å². The number of nitrogens with one attached hydrogen (secondary N) is 1. The third-order valence-corrected chi connectivity index (χ3v) is 2.30. The second kappa shape index (κ2) is 3.14. The molecule has 0 spiro atoms. The van der Waals surface area contributed by atoms with E-state index in [1.54, 1.807) is 18.2 Å². The molecule has 0 aromatic rings. The van der Waals surface area contributed by atoms with Gasteiger partial charge in [-0.2, -0.15) is 0 Å². The van der Waals surface area contributed by atoms with Crippen molar-refractivity contribution >= 4 is 11.9 Å². The lowest BCUT2D eigenvalue weighted by molar-refractivity contribution is -0.132. The molecular weight excluding hydrogens is 182 g/mol. The molecule has 0 aromatic carbocycles. The molecule has 72 valence electrons. The maximum atomic E-state index is 11.0. The van der Waals surface area contributed by atoms with Crippen molar-refractivity contribution in [1.82, 2.24) is 5.32 Å². The molecule has 4 nitrogen and oxygen atoms in total. The van der Waals surface area contributed by atoms with Crippen LogP contribution in [0.2, 0.25) is 0 Å². The van der Waals surface area contributed by atoms with E-state index >= 15 is 0 Å². The summed E-state index contributed by atoms with van der Waals surface area (Å²) in [5.41, 5.74) is 0.270. The van der Waals surface area contributed by atoms with E-state index < -0.39 is 5.97 Å². The van der Waals surface area contributed by atoms with Gasteiger partial charge in [-0.3, -0.25) is 4.79 Å². The first-order valence-corrected chi connectivity index (χ1v) is 4.29. The van der Waals surface area contributed by atoms with E-state index in [4.69, 9.17) is 5.11 Å². The molecule has 2 unspecified atom stereocenters. The molecule has 2 N–H and O–H groups in total.